The van der Waals surface area contributed by atoms with Crippen molar-refractivity contribution in [1.82, 2.24) is 0 Å². The van der Waals surface area contributed by atoms with Gasteiger partial charge in [0.2, 0.25) is 0 Å². The fourth-order valence-corrected chi connectivity index (χ4v) is 1.94. The summed E-state index contributed by atoms with van der Waals surface area (Å²) in [6, 6.07) is 5.67. The van der Waals surface area contributed by atoms with Crippen LogP contribution in [0.4, 0.5) is 0 Å². The fraction of sp³-hybridized carbons (Fsp3) is 0.462. The van der Waals surface area contributed by atoms with Gasteiger partial charge in [0.25, 0.3) is 0 Å². The van der Waals surface area contributed by atoms with Crippen molar-refractivity contribution in [2.24, 2.45) is 5.73 Å². The fourth-order valence-electron chi connectivity index (χ4n) is 1.53. The average molecular weight is 316 g/mol. The summed E-state index contributed by atoms with van der Waals surface area (Å²) < 4.78 is 11.2. The smallest absolute Gasteiger partial charge is 0.344 e. The highest BCUT2D eigenvalue weighted by Crippen LogP contribution is 2.24. The second kappa shape index (κ2) is 7.38. The lowest BCUT2D eigenvalue weighted by Gasteiger charge is -2.13. The molecule has 4 nitrogen and oxygen atoms in total. The molecule has 0 amide bonds. The van der Waals surface area contributed by atoms with Crippen LogP contribution in [0.5, 0.6) is 5.75 Å². The van der Waals surface area contributed by atoms with Crippen molar-refractivity contribution >= 4 is 21.9 Å². The molecule has 1 atom stereocenters. The Morgan fingerprint density at radius 1 is 1.50 bits per heavy atom. The molecule has 1 aromatic carbocycles. The number of carbonyl (C=O) groups is 1. The predicted molar refractivity (Wildman–Crippen MR) is 73.6 cm³/mol. The van der Waals surface area contributed by atoms with Crippen LogP contribution < -0.4 is 10.5 Å². The van der Waals surface area contributed by atoms with Crippen molar-refractivity contribution in [3.63, 3.8) is 0 Å². The van der Waals surface area contributed by atoms with Gasteiger partial charge in [-0.1, -0.05) is 15.9 Å². The molecule has 0 saturated carbocycles. The molecule has 2 N–H and O–H groups in total. The number of halogens is 1. The van der Waals surface area contributed by atoms with Crippen LogP contribution in [0.2, 0.25) is 0 Å². The minimum absolute atomic E-state index is 0.0317. The van der Waals surface area contributed by atoms with E-state index in [-0.39, 0.29) is 18.6 Å². The maximum atomic E-state index is 11.2. The summed E-state index contributed by atoms with van der Waals surface area (Å²) in [4.78, 5) is 11.2. The Bertz CT molecular complexity index is 407. The number of nitrogens with two attached hydrogens (primary N) is 1. The molecule has 1 rings (SSSR count). The summed E-state index contributed by atoms with van der Waals surface area (Å²) in [5, 5.41) is 0. The summed E-state index contributed by atoms with van der Waals surface area (Å²) >= 11 is 3.40. The molecular formula is C13H18BrNO3. The Morgan fingerprint density at radius 3 is 2.83 bits per heavy atom. The van der Waals surface area contributed by atoms with Crippen LogP contribution in [0.1, 0.15) is 19.4 Å². The number of hydrogen-bond donors (Lipinski definition) is 1. The second-order valence-electron chi connectivity index (χ2n) is 4.03. The van der Waals surface area contributed by atoms with Gasteiger partial charge in [-0.3, -0.25) is 0 Å². The normalized spacial score (nSPS) is 12.0. The van der Waals surface area contributed by atoms with E-state index >= 15 is 0 Å². The van der Waals surface area contributed by atoms with Crippen molar-refractivity contribution < 1.29 is 14.3 Å². The van der Waals surface area contributed by atoms with E-state index in [4.69, 9.17) is 15.2 Å². The highest BCUT2D eigenvalue weighted by Gasteiger charge is 2.09. The van der Waals surface area contributed by atoms with E-state index in [1.165, 1.54) is 0 Å². The quantitative estimate of drug-likeness (QED) is 0.818. The van der Waals surface area contributed by atoms with E-state index in [0.717, 1.165) is 10.0 Å². The van der Waals surface area contributed by atoms with Gasteiger partial charge in [0.1, 0.15) is 5.75 Å². The molecule has 0 aliphatic rings. The van der Waals surface area contributed by atoms with Crippen molar-refractivity contribution in [2.75, 3.05) is 13.2 Å². The van der Waals surface area contributed by atoms with Crippen molar-refractivity contribution in [2.45, 2.75) is 26.3 Å². The standard InChI is InChI=1S/C13H18BrNO3/c1-3-17-13(16)8-18-12-5-4-11(14)7-10(12)6-9(2)15/h4-5,7,9H,3,6,8,15H2,1-2H3. The zero-order valence-corrected chi connectivity index (χ0v) is 12.2. The van der Waals surface area contributed by atoms with E-state index in [9.17, 15) is 4.79 Å². The third kappa shape index (κ3) is 5.06. The molecule has 0 aliphatic carbocycles. The first-order valence-electron chi connectivity index (χ1n) is 5.85. The van der Waals surface area contributed by atoms with Crippen LogP contribution in [-0.2, 0) is 16.0 Å². The Balaban J connectivity index is 2.71. The Hall–Kier alpha value is -1.07. The van der Waals surface area contributed by atoms with E-state index in [1.54, 1.807) is 6.92 Å². The summed E-state index contributed by atoms with van der Waals surface area (Å²) in [5.74, 6) is 0.302. The van der Waals surface area contributed by atoms with Crippen molar-refractivity contribution in [1.29, 1.82) is 0 Å². The van der Waals surface area contributed by atoms with Crippen LogP contribution in [0, 0.1) is 0 Å². The molecule has 0 spiro atoms. The first kappa shape index (κ1) is 15.0. The van der Waals surface area contributed by atoms with Crippen LogP contribution in [0.15, 0.2) is 22.7 Å². The summed E-state index contributed by atoms with van der Waals surface area (Å²) in [7, 11) is 0. The second-order valence-corrected chi connectivity index (χ2v) is 4.94. The van der Waals surface area contributed by atoms with Gasteiger partial charge in [-0.2, -0.15) is 0 Å². The maximum absolute atomic E-state index is 11.2. The number of benzene rings is 1. The molecule has 18 heavy (non-hydrogen) atoms. The number of hydrogen-bond acceptors (Lipinski definition) is 4. The maximum Gasteiger partial charge on any atom is 0.344 e. The molecule has 5 heteroatoms. The largest absolute Gasteiger partial charge is 0.482 e. The Kier molecular flexibility index (Phi) is 6.15. The zero-order chi connectivity index (χ0) is 13.5. The van der Waals surface area contributed by atoms with E-state index in [2.05, 4.69) is 15.9 Å². The average Bonchev–Trinajstić information content (AvgIpc) is 2.27. The highest BCUT2D eigenvalue weighted by atomic mass is 79.9. The van der Waals surface area contributed by atoms with Crippen LogP contribution in [0.25, 0.3) is 0 Å². The lowest BCUT2D eigenvalue weighted by molar-refractivity contribution is -0.145. The monoisotopic (exact) mass is 315 g/mol. The first-order valence-corrected chi connectivity index (χ1v) is 6.64. The summed E-state index contributed by atoms with van der Waals surface area (Å²) in [6.07, 6.45) is 0.692. The van der Waals surface area contributed by atoms with E-state index in [1.807, 2.05) is 25.1 Å². The summed E-state index contributed by atoms with van der Waals surface area (Å²) in [6.45, 7) is 3.96. The minimum atomic E-state index is -0.368. The van der Waals surface area contributed by atoms with Gasteiger partial charge in [-0.05, 0) is 44.0 Å². The number of rotatable bonds is 6. The van der Waals surface area contributed by atoms with E-state index < -0.39 is 0 Å². The molecule has 0 aliphatic heterocycles. The number of esters is 1. The zero-order valence-electron chi connectivity index (χ0n) is 10.6. The Labute approximate surface area is 116 Å². The van der Waals surface area contributed by atoms with Crippen molar-refractivity contribution in [3.05, 3.63) is 28.2 Å². The number of carbonyl (C=O) groups excluding carboxylic acids is 1. The third-order valence-corrected chi connectivity index (χ3v) is 2.71. The SMILES string of the molecule is CCOC(=O)COc1ccc(Br)cc1CC(C)N. The van der Waals surface area contributed by atoms with Gasteiger partial charge in [-0.15, -0.1) is 0 Å². The minimum Gasteiger partial charge on any atom is -0.482 e. The molecule has 0 fully saturated rings. The van der Waals surface area contributed by atoms with Crippen LogP contribution in [-0.4, -0.2) is 25.2 Å². The lowest BCUT2D eigenvalue weighted by Crippen LogP contribution is -2.19. The molecular weight excluding hydrogens is 298 g/mol. The van der Waals surface area contributed by atoms with Crippen LogP contribution >= 0.6 is 15.9 Å². The Morgan fingerprint density at radius 2 is 2.22 bits per heavy atom. The van der Waals surface area contributed by atoms with E-state index in [0.29, 0.717) is 18.8 Å². The van der Waals surface area contributed by atoms with Gasteiger partial charge < -0.3 is 15.2 Å². The molecule has 1 aromatic rings. The topological polar surface area (TPSA) is 61.5 Å². The molecule has 0 radical (unpaired) electrons. The summed E-state index contributed by atoms with van der Waals surface area (Å²) in [5.41, 5.74) is 6.76. The predicted octanol–water partition coefficient (Wildman–Crippen LogP) is 2.28. The molecule has 0 bridgehead atoms. The van der Waals surface area contributed by atoms with Gasteiger partial charge in [-0.25, -0.2) is 4.79 Å². The van der Waals surface area contributed by atoms with Gasteiger partial charge in [0.15, 0.2) is 6.61 Å². The molecule has 0 saturated heterocycles. The highest BCUT2D eigenvalue weighted by molar-refractivity contribution is 9.10. The molecule has 1 unspecified atom stereocenters. The molecule has 100 valence electrons. The van der Waals surface area contributed by atoms with Crippen molar-refractivity contribution in [3.8, 4) is 5.75 Å². The third-order valence-electron chi connectivity index (χ3n) is 2.22. The lowest BCUT2D eigenvalue weighted by atomic mass is 10.1. The van der Waals surface area contributed by atoms with Gasteiger partial charge in [0.05, 0.1) is 6.61 Å². The number of ether oxygens (including phenoxy) is 2. The first-order chi connectivity index (χ1) is 8.52. The van der Waals surface area contributed by atoms with Gasteiger partial charge >= 0.3 is 5.97 Å². The molecule has 0 heterocycles. The van der Waals surface area contributed by atoms with Gasteiger partial charge in [0, 0.05) is 10.5 Å². The molecule has 0 aromatic heterocycles. The van der Waals surface area contributed by atoms with Crippen LogP contribution in [0.3, 0.4) is 0 Å².